The van der Waals surface area contributed by atoms with Crippen LogP contribution in [0.4, 0.5) is 0 Å². The van der Waals surface area contributed by atoms with Gasteiger partial charge in [-0.15, -0.1) is 11.3 Å². The molecule has 0 amide bonds. The molecule has 0 atom stereocenters. The number of methoxy groups -OCH3 is 1. The average Bonchev–Trinajstić information content (AvgIpc) is 3.71. The average molecular weight is 524 g/mol. The number of hydrogen-bond donors (Lipinski definition) is 0. The summed E-state index contributed by atoms with van der Waals surface area (Å²) in [6.07, 6.45) is 2.80. The van der Waals surface area contributed by atoms with Crippen LogP contribution in [0.2, 0.25) is 0 Å². The van der Waals surface area contributed by atoms with Gasteiger partial charge in [-0.3, -0.25) is 9.20 Å². The zero-order chi connectivity index (χ0) is 25.8. The van der Waals surface area contributed by atoms with Crippen LogP contribution in [0, 0.1) is 0 Å². The van der Waals surface area contributed by atoms with E-state index in [1.807, 2.05) is 30.3 Å². The molecule has 1 saturated carbocycles. The van der Waals surface area contributed by atoms with Gasteiger partial charge in [-0.2, -0.15) is 0 Å². The van der Waals surface area contributed by atoms with Gasteiger partial charge in [0.15, 0.2) is 17.2 Å². The molecule has 0 saturated heterocycles. The minimum absolute atomic E-state index is 0.222. The Bertz CT molecular complexity index is 1790. The van der Waals surface area contributed by atoms with E-state index < -0.39 is 5.97 Å². The number of thiazole rings is 1. The Labute approximate surface area is 223 Å². The smallest absolute Gasteiger partial charge is 0.356 e. The molecule has 2 aromatic heterocycles. The fourth-order valence-electron chi connectivity index (χ4n) is 5.48. The molecule has 6 nitrogen and oxygen atoms in total. The Kier molecular flexibility index (Phi) is 5.48. The molecule has 1 aliphatic heterocycles. The van der Waals surface area contributed by atoms with E-state index in [1.54, 1.807) is 10.5 Å². The number of esters is 1. The SMILES string of the molecule is COC(=O)c1c(-c2ccc3c(c2)OCCO3)sc2c(C3CC3)c(Cc3cccc4ccccc34)cc(=O)n12. The van der Waals surface area contributed by atoms with Crippen LogP contribution in [0.25, 0.3) is 26.0 Å². The molecule has 3 aromatic carbocycles. The van der Waals surface area contributed by atoms with Gasteiger partial charge < -0.3 is 14.2 Å². The molecule has 38 heavy (non-hydrogen) atoms. The number of pyridine rings is 1. The highest BCUT2D eigenvalue weighted by Gasteiger charge is 2.33. The van der Waals surface area contributed by atoms with Crippen molar-refractivity contribution in [2.45, 2.75) is 25.2 Å². The van der Waals surface area contributed by atoms with Crippen LogP contribution in [0.3, 0.4) is 0 Å². The number of nitrogens with zero attached hydrogens (tertiary/aromatic N) is 1. The molecule has 2 aliphatic rings. The number of hydrogen-bond acceptors (Lipinski definition) is 6. The van der Waals surface area contributed by atoms with Crippen LogP contribution in [0.1, 0.15) is 45.9 Å². The summed E-state index contributed by atoms with van der Waals surface area (Å²) in [4.78, 5) is 28.3. The quantitative estimate of drug-likeness (QED) is 0.256. The highest BCUT2D eigenvalue weighted by molar-refractivity contribution is 7.21. The van der Waals surface area contributed by atoms with Crippen molar-refractivity contribution in [3.8, 4) is 21.9 Å². The molecule has 0 radical (unpaired) electrons. The molecular formula is C31H25NO5S. The molecular weight excluding hydrogens is 498 g/mol. The summed E-state index contributed by atoms with van der Waals surface area (Å²) in [5.41, 5.74) is 4.20. The van der Waals surface area contributed by atoms with E-state index in [0.29, 0.717) is 41.9 Å². The molecule has 3 heterocycles. The third kappa shape index (κ3) is 3.77. The summed E-state index contributed by atoms with van der Waals surface area (Å²) in [6, 6.07) is 22.0. The molecule has 1 aliphatic carbocycles. The molecule has 7 heteroatoms. The number of rotatable bonds is 5. The fraction of sp³-hybridized carbons (Fsp3) is 0.226. The van der Waals surface area contributed by atoms with Gasteiger partial charge in [0.1, 0.15) is 18.0 Å². The lowest BCUT2D eigenvalue weighted by Gasteiger charge is -2.18. The minimum Gasteiger partial charge on any atom is -0.486 e. The molecule has 190 valence electrons. The van der Waals surface area contributed by atoms with E-state index >= 15 is 0 Å². The van der Waals surface area contributed by atoms with Gasteiger partial charge in [-0.25, -0.2) is 4.79 Å². The van der Waals surface area contributed by atoms with Crippen molar-refractivity contribution in [2.24, 2.45) is 0 Å². The maximum Gasteiger partial charge on any atom is 0.356 e. The molecule has 7 rings (SSSR count). The number of benzene rings is 3. The normalized spacial score (nSPS) is 14.7. The van der Waals surface area contributed by atoms with Crippen LogP contribution in [0.5, 0.6) is 11.5 Å². The first-order valence-corrected chi connectivity index (χ1v) is 13.6. The van der Waals surface area contributed by atoms with Crippen LogP contribution in [0.15, 0.2) is 71.5 Å². The van der Waals surface area contributed by atoms with Crippen LogP contribution >= 0.6 is 11.3 Å². The van der Waals surface area contributed by atoms with E-state index in [9.17, 15) is 9.59 Å². The van der Waals surface area contributed by atoms with Gasteiger partial charge in [0.25, 0.3) is 5.56 Å². The van der Waals surface area contributed by atoms with Crippen LogP contribution in [-0.2, 0) is 11.2 Å². The number of ether oxygens (including phenoxy) is 3. The predicted octanol–water partition coefficient (Wildman–Crippen LogP) is 6.21. The maximum atomic E-state index is 13.7. The summed E-state index contributed by atoms with van der Waals surface area (Å²) in [5, 5.41) is 2.37. The monoisotopic (exact) mass is 523 g/mol. The summed E-state index contributed by atoms with van der Waals surface area (Å²) >= 11 is 1.47. The van der Waals surface area contributed by atoms with Gasteiger partial charge in [0, 0.05) is 6.07 Å². The van der Waals surface area contributed by atoms with Crippen molar-refractivity contribution < 1.29 is 19.0 Å². The standard InChI is InChI=1S/C31H25NO5S/c1-35-31(34)28-29(21-11-12-24-25(16-21)37-14-13-36-24)38-30-27(19-9-10-19)22(17-26(33)32(28)30)15-20-7-4-6-18-5-2-3-8-23(18)20/h2-8,11-12,16-17,19H,9-10,13-15H2,1H3. The van der Waals surface area contributed by atoms with Gasteiger partial charge in [-0.1, -0.05) is 42.5 Å². The van der Waals surface area contributed by atoms with E-state index in [-0.39, 0.29) is 11.3 Å². The zero-order valence-corrected chi connectivity index (χ0v) is 21.7. The third-order valence-corrected chi connectivity index (χ3v) is 8.59. The predicted molar refractivity (Wildman–Crippen MR) is 148 cm³/mol. The molecule has 0 spiro atoms. The van der Waals surface area contributed by atoms with Crippen molar-refractivity contribution >= 4 is 32.9 Å². The first-order chi connectivity index (χ1) is 18.6. The zero-order valence-electron chi connectivity index (χ0n) is 20.9. The van der Waals surface area contributed by atoms with Crippen molar-refractivity contribution in [2.75, 3.05) is 20.3 Å². The largest absolute Gasteiger partial charge is 0.486 e. The van der Waals surface area contributed by atoms with E-state index in [1.165, 1.54) is 34.8 Å². The molecule has 1 fully saturated rings. The van der Waals surface area contributed by atoms with Gasteiger partial charge in [-0.05, 0) is 76.4 Å². The number of fused-ring (bicyclic) bond motifs is 3. The topological polar surface area (TPSA) is 66.2 Å². The molecule has 5 aromatic rings. The Morgan fingerprint density at radius 3 is 2.58 bits per heavy atom. The van der Waals surface area contributed by atoms with Gasteiger partial charge >= 0.3 is 5.97 Å². The highest BCUT2D eigenvalue weighted by atomic mass is 32.1. The lowest BCUT2D eigenvalue weighted by Crippen LogP contribution is -2.20. The Morgan fingerprint density at radius 1 is 0.974 bits per heavy atom. The van der Waals surface area contributed by atoms with Gasteiger partial charge in [0.05, 0.1) is 12.0 Å². The van der Waals surface area contributed by atoms with E-state index in [4.69, 9.17) is 14.2 Å². The first-order valence-electron chi connectivity index (χ1n) is 12.8. The first kappa shape index (κ1) is 23.0. The van der Waals surface area contributed by atoms with E-state index in [0.717, 1.165) is 34.4 Å². The van der Waals surface area contributed by atoms with Gasteiger partial charge in [0.2, 0.25) is 0 Å². The van der Waals surface area contributed by atoms with Crippen molar-refractivity contribution in [3.05, 3.63) is 99.5 Å². The Morgan fingerprint density at radius 2 is 1.76 bits per heavy atom. The highest BCUT2D eigenvalue weighted by Crippen LogP contribution is 2.47. The van der Waals surface area contributed by atoms with Crippen LogP contribution < -0.4 is 15.0 Å². The van der Waals surface area contributed by atoms with Crippen LogP contribution in [-0.4, -0.2) is 30.7 Å². The molecule has 0 N–H and O–H groups in total. The minimum atomic E-state index is -0.535. The summed E-state index contributed by atoms with van der Waals surface area (Å²) in [5.74, 6) is 1.14. The Balaban J connectivity index is 1.45. The summed E-state index contributed by atoms with van der Waals surface area (Å²) < 4.78 is 18.2. The fourth-order valence-corrected chi connectivity index (χ4v) is 6.87. The third-order valence-electron chi connectivity index (χ3n) is 7.36. The lowest BCUT2D eigenvalue weighted by molar-refractivity contribution is 0.0593. The number of aromatic nitrogens is 1. The summed E-state index contributed by atoms with van der Waals surface area (Å²) in [6.45, 7) is 0.970. The molecule has 0 unspecified atom stereocenters. The van der Waals surface area contributed by atoms with Crippen molar-refractivity contribution in [3.63, 3.8) is 0 Å². The number of carbonyl (C=O) groups is 1. The maximum absolute atomic E-state index is 13.7. The molecule has 0 bridgehead atoms. The van der Waals surface area contributed by atoms with Crippen molar-refractivity contribution in [1.82, 2.24) is 4.40 Å². The lowest BCUT2D eigenvalue weighted by atomic mass is 9.95. The summed E-state index contributed by atoms with van der Waals surface area (Å²) in [7, 11) is 1.35. The van der Waals surface area contributed by atoms with Crippen molar-refractivity contribution in [1.29, 1.82) is 0 Å². The second-order valence-electron chi connectivity index (χ2n) is 9.78. The van der Waals surface area contributed by atoms with E-state index in [2.05, 4.69) is 30.3 Å². The number of carbonyl (C=O) groups excluding carboxylic acids is 1. The Hall–Kier alpha value is -4.10. The second kappa shape index (κ2) is 9.03. The second-order valence-corrected chi connectivity index (χ2v) is 10.8.